The van der Waals surface area contributed by atoms with E-state index in [0.29, 0.717) is 27.2 Å². The van der Waals surface area contributed by atoms with E-state index < -0.39 is 5.97 Å². The van der Waals surface area contributed by atoms with Gasteiger partial charge in [0.2, 0.25) is 0 Å². The zero-order valence-corrected chi connectivity index (χ0v) is 14.2. The summed E-state index contributed by atoms with van der Waals surface area (Å²) in [5.41, 5.74) is 1.21. The summed E-state index contributed by atoms with van der Waals surface area (Å²) in [6, 6.07) is 10.6. The fourth-order valence-electron chi connectivity index (χ4n) is 2.44. The summed E-state index contributed by atoms with van der Waals surface area (Å²) in [5, 5.41) is 31.7. The van der Waals surface area contributed by atoms with Crippen LogP contribution in [0.15, 0.2) is 48.2 Å². The van der Waals surface area contributed by atoms with E-state index in [1.807, 2.05) is 0 Å². The van der Waals surface area contributed by atoms with Gasteiger partial charge in [-0.15, -0.1) is 0 Å². The number of anilines is 1. The molecular formula is C18H14N2O5S. The van der Waals surface area contributed by atoms with Crippen molar-refractivity contribution in [2.75, 3.05) is 5.32 Å². The number of carbonyl (C=O) groups excluding carboxylic acids is 1. The van der Waals surface area contributed by atoms with Crippen molar-refractivity contribution < 1.29 is 24.9 Å². The number of carbonyl (C=O) groups is 2. The molecule has 3 rings (SSSR count). The van der Waals surface area contributed by atoms with Gasteiger partial charge in [-0.05, 0) is 41.5 Å². The highest BCUT2D eigenvalue weighted by molar-refractivity contribution is 7.22. The number of thiazole rings is 1. The van der Waals surface area contributed by atoms with Crippen LogP contribution in [0.2, 0.25) is 0 Å². The lowest BCUT2D eigenvalue weighted by molar-refractivity contribution is -0.132. The minimum Gasteiger partial charge on any atom is -0.508 e. The van der Waals surface area contributed by atoms with E-state index in [4.69, 9.17) is 0 Å². The van der Waals surface area contributed by atoms with Gasteiger partial charge in [-0.1, -0.05) is 23.5 Å². The van der Waals surface area contributed by atoms with Crippen molar-refractivity contribution in [1.29, 1.82) is 0 Å². The standard InChI is InChI=1S/C18H14N2O5S/c21-8-7-13(10-1-3-11(22)4-2-10)16(17(24)25)20-18-19-14-6-5-12(23)9-15(14)26-18/h1-6,8-9,22-23H,7H2,(H,19,20)(H,24,25)/b16-13+. The minimum atomic E-state index is -1.24. The summed E-state index contributed by atoms with van der Waals surface area (Å²) < 4.78 is 0.693. The fourth-order valence-corrected chi connectivity index (χ4v) is 3.35. The average molecular weight is 370 g/mol. The Hall–Kier alpha value is -3.39. The van der Waals surface area contributed by atoms with Gasteiger partial charge in [-0.25, -0.2) is 9.78 Å². The molecule has 0 aliphatic rings. The Balaban J connectivity index is 2.06. The van der Waals surface area contributed by atoms with Crippen molar-refractivity contribution in [2.45, 2.75) is 6.42 Å². The number of fused-ring (bicyclic) bond motifs is 1. The molecule has 1 aromatic heterocycles. The third-order valence-corrected chi connectivity index (χ3v) is 4.56. The molecule has 0 aliphatic heterocycles. The third-order valence-electron chi connectivity index (χ3n) is 3.62. The maximum Gasteiger partial charge on any atom is 0.352 e. The Kier molecular flexibility index (Phi) is 4.85. The largest absolute Gasteiger partial charge is 0.508 e. The van der Waals surface area contributed by atoms with E-state index >= 15 is 0 Å². The number of hydrogen-bond acceptors (Lipinski definition) is 7. The SMILES string of the molecule is O=CC/C(=C(\Nc1nc2ccc(O)cc2s1)C(=O)O)c1ccc(O)cc1. The summed E-state index contributed by atoms with van der Waals surface area (Å²) in [7, 11) is 0. The molecule has 0 unspecified atom stereocenters. The van der Waals surface area contributed by atoms with Crippen LogP contribution >= 0.6 is 11.3 Å². The maximum atomic E-state index is 11.8. The lowest BCUT2D eigenvalue weighted by atomic mass is 10.0. The van der Waals surface area contributed by atoms with E-state index in [9.17, 15) is 24.9 Å². The number of phenolic OH excluding ortho intramolecular Hbond substituents is 2. The second-order valence-electron chi connectivity index (χ2n) is 5.37. The molecule has 7 nitrogen and oxygen atoms in total. The molecule has 0 aliphatic carbocycles. The van der Waals surface area contributed by atoms with Gasteiger partial charge >= 0.3 is 5.97 Å². The highest BCUT2D eigenvalue weighted by Gasteiger charge is 2.18. The fraction of sp³-hybridized carbons (Fsp3) is 0.0556. The number of rotatable bonds is 6. The number of aliphatic carboxylic acids is 1. The summed E-state index contributed by atoms with van der Waals surface area (Å²) in [6.07, 6.45) is 0.494. The molecule has 1 heterocycles. The Bertz CT molecular complexity index is 1010. The van der Waals surface area contributed by atoms with Gasteiger partial charge in [-0.2, -0.15) is 0 Å². The maximum absolute atomic E-state index is 11.8. The van der Waals surface area contributed by atoms with Crippen LogP contribution < -0.4 is 5.32 Å². The number of nitrogens with one attached hydrogen (secondary N) is 1. The second kappa shape index (κ2) is 7.24. The van der Waals surface area contributed by atoms with Crippen LogP contribution in [0, 0.1) is 0 Å². The van der Waals surface area contributed by atoms with Gasteiger partial charge in [0.05, 0.1) is 10.2 Å². The Morgan fingerprint density at radius 1 is 1.12 bits per heavy atom. The number of allylic oxidation sites excluding steroid dienone is 1. The van der Waals surface area contributed by atoms with Crippen molar-refractivity contribution in [3.8, 4) is 11.5 Å². The Morgan fingerprint density at radius 2 is 1.81 bits per heavy atom. The number of nitrogens with zero attached hydrogens (tertiary/aromatic N) is 1. The lowest BCUT2D eigenvalue weighted by Crippen LogP contribution is -2.13. The molecule has 0 atom stereocenters. The van der Waals surface area contributed by atoms with E-state index in [1.54, 1.807) is 6.07 Å². The number of carboxylic acids is 1. The molecule has 0 bridgehead atoms. The zero-order valence-electron chi connectivity index (χ0n) is 13.3. The molecule has 2 aromatic carbocycles. The topological polar surface area (TPSA) is 120 Å². The predicted octanol–water partition coefficient (Wildman–Crippen LogP) is 3.20. The number of hydrogen-bond donors (Lipinski definition) is 4. The van der Waals surface area contributed by atoms with Crippen molar-refractivity contribution in [2.24, 2.45) is 0 Å². The first kappa shape index (κ1) is 17.4. The first-order valence-electron chi connectivity index (χ1n) is 7.54. The van der Waals surface area contributed by atoms with Crippen LogP contribution in [0.5, 0.6) is 11.5 Å². The van der Waals surface area contributed by atoms with Crippen LogP contribution in [-0.4, -0.2) is 32.6 Å². The summed E-state index contributed by atoms with van der Waals surface area (Å²) in [6.45, 7) is 0. The number of aldehydes is 1. The van der Waals surface area contributed by atoms with E-state index in [-0.39, 0.29) is 29.2 Å². The van der Waals surface area contributed by atoms with E-state index in [1.165, 1.54) is 47.7 Å². The van der Waals surface area contributed by atoms with Crippen LogP contribution in [0.25, 0.3) is 15.8 Å². The molecule has 26 heavy (non-hydrogen) atoms. The molecule has 0 amide bonds. The van der Waals surface area contributed by atoms with Gasteiger partial charge in [0, 0.05) is 6.42 Å². The number of aromatic nitrogens is 1. The molecule has 3 aromatic rings. The summed E-state index contributed by atoms with van der Waals surface area (Å²) in [5.74, 6) is -1.11. The Labute approximate surface area is 151 Å². The minimum absolute atomic E-state index is 0.0371. The molecule has 0 saturated carbocycles. The summed E-state index contributed by atoms with van der Waals surface area (Å²) >= 11 is 1.18. The molecule has 4 N–H and O–H groups in total. The van der Waals surface area contributed by atoms with E-state index in [2.05, 4.69) is 10.3 Å². The molecule has 0 fully saturated rings. The van der Waals surface area contributed by atoms with Crippen molar-refractivity contribution in [3.05, 3.63) is 53.7 Å². The molecule has 0 radical (unpaired) electrons. The van der Waals surface area contributed by atoms with Crippen molar-refractivity contribution >= 4 is 44.5 Å². The van der Waals surface area contributed by atoms with Gasteiger partial charge in [0.25, 0.3) is 0 Å². The quantitative estimate of drug-likeness (QED) is 0.388. The van der Waals surface area contributed by atoms with Gasteiger partial charge in [-0.3, -0.25) is 0 Å². The van der Waals surface area contributed by atoms with Crippen molar-refractivity contribution in [3.63, 3.8) is 0 Å². The predicted molar refractivity (Wildman–Crippen MR) is 98.3 cm³/mol. The van der Waals surface area contributed by atoms with Crippen LogP contribution in [-0.2, 0) is 9.59 Å². The highest BCUT2D eigenvalue weighted by Crippen LogP contribution is 2.31. The number of carboxylic acid groups (broad SMARTS) is 1. The molecule has 8 heteroatoms. The van der Waals surface area contributed by atoms with Gasteiger partial charge < -0.3 is 25.4 Å². The van der Waals surface area contributed by atoms with Gasteiger partial charge in [0.1, 0.15) is 23.5 Å². The molecule has 132 valence electrons. The van der Waals surface area contributed by atoms with Crippen LogP contribution in [0.3, 0.4) is 0 Å². The molecule has 0 spiro atoms. The number of phenols is 2. The van der Waals surface area contributed by atoms with Crippen LogP contribution in [0.4, 0.5) is 5.13 Å². The summed E-state index contributed by atoms with van der Waals surface area (Å²) in [4.78, 5) is 27.1. The Morgan fingerprint density at radius 3 is 2.46 bits per heavy atom. The number of aromatic hydroxyl groups is 2. The molecule has 0 saturated heterocycles. The third kappa shape index (κ3) is 3.65. The monoisotopic (exact) mass is 370 g/mol. The van der Waals surface area contributed by atoms with E-state index in [0.717, 1.165) is 0 Å². The smallest absolute Gasteiger partial charge is 0.352 e. The first-order valence-corrected chi connectivity index (χ1v) is 8.35. The highest BCUT2D eigenvalue weighted by atomic mass is 32.1. The van der Waals surface area contributed by atoms with Gasteiger partial charge in [0.15, 0.2) is 5.13 Å². The normalized spacial score (nSPS) is 11.8. The lowest BCUT2D eigenvalue weighted by Gasteiger charge is -2.11. The van der Waals surface area contributed by atoms with Crippen molar-refractivity contribution in [1.82, 2.24) is 4.98 Å². The number of benzene rings is 2. The first-order chi connectivity index (χ1) is 12.5. The molecular weight excluding hydrogens is 356 g/mol. The average Bonchev–Trinajstić information content (AvgIpc) is 3.00. The zero-order chi connectivity index (χ0) is 18.7. The second-order valence-corrected chi connectivity index (χ2v) is 6.40. The van der Waals surface area contributed by atoms with Crippen LogP contribution in [0.1, 0.15) is 12.0 Å².